The molecule has 0 aliphatic carbocycles. The molecule has 21 heavy (non-hydrogen) atoms. The number of nitrogens with zero attached hydrogens (tertiary/aromatic N) is 3. The van der Waals surface area contributed by atoms with Gasteiger partial charge < -0.3 is 5.32 Å². The maximum absolute atomic E-state index is 11.1. The van der Waals surface area contributed by atoms with Crippen LogP contribution in [-0.4, -0.2) is 14.7 Å². The van der Waals surface area contributed by atoms with E-state index in [-0.39, 0.29) is 10.6 Å². The van der Waals surface area contributed by atoms with Gasteiger partial charge in [0.25, 0.3) is 5.69 Å². The van der Waals surface area contributed by atoms with Crippen molar-refractivity contribution in [3.63, 3.8) is 0 Å². The van der Waals surface area contributed by atoms with Crippen LogP contribution in [0.15, 0.2) is 22.7 Å². The van der Waals surface area contributed by atoms with Gasteiger partial charge in [-0.2, -0.15) is 5.10 Å². The summed E-state index contributed by atoms with van der Waals surface area (Å²) in [6.45, 7) is 5.06. The summed E-state index contributed by atoms with van der Waals surface area (Å²) in [5, 5.41) is 18.7. The molecule has 0 fully saturated rings. The Balaban J connectivity index is 2.09. The Morgan fingerprint density at radius 3 is 2.67 bits per heavy atom. The second-order valence-corrected chi connectivity index (χ2v) is 5.82. The molecule has 0 atom stereocenters. The van der Waals surface area contributed by atoms with Crippen molar-refractivity contribution in [2.75, 3.05) is 0 Å². The van der Waals surface area contributed by atoms with E-state index in [4.69, 9.17) is 0 Å². The monoisotopic (exact) mass is 352 g/mol. The van der Waals surface area contributed by atoms with E-state index in [2.05, 4.69) is 26.3 Å². The van der Waals surface area contributed by atoms with E-state index in [9.17, 15) is 10.1 Å². The molecule has 0 saturated heterocycles. The number of hydrogen-bond acceptors (Lipinski definition) is 4. The first-order chi connectivity index (χ1) is 9.90. The second-order valence-electron chi connectivity index (χ2n) is 4.91. The molecule has 2 rings (SSSR count). The lowest BCUT2D eigenvalue weighted by Crippen LogP contribution is -2.15. The maximum atomic E-state index is 11.1. The number of halogens is 1. The summed E-state index contributed by atoms with van der Waals surface area (Å²) >= 11 is 3.26. The average Bonchev–Trinajstić information content (AvgIpc) is 2.66. The van der Waals surface area contributed by atoms with Crippen LogP contribution in [0, 0.1) is 24.0 Å². The quantitative estimate of drug-likeness (QED) is 0.663. The van der Waals surface area contributed by atoms with Gasteiger partial charge in [0.2, 0.25) is 0 Å². The zero-order chi connectivity index (χ0) is 15.6. The molecule has 0 aliphatic rings. The lowest BCUT2D eigenvalue weighted by atomic mass is 10.1. The van der Waals surface area contributed by atoms with E-state index in [0.717, 1.165) is 17.0 Å². The van der Waals surface area contributed by atoms with Crippen LogP contribution in [-0.2, 0) is 20.1 Å². The fourth-order valence-electron chi connectivity index (χ4n) is 2.25. The van der Waals surface area contributed by atoms with Crippen LogP contribution in [0.1, 0.15) is 22.5 Å². The van der Waals surface area contributed by atoms with Gasteiger partial charge in [0.1, 0.15) is 0 Å². The number of benzene rings is 1. The number of nitro benzene ring substituents is 1. The zero-order valence-electron chi connectivity index (χ0n) is 12.2. The molecule has 0 bridgehead atoms. The summed E-state index contributed by atoms with van der Waals surface area (Å²) in [6, 6.07) is 5.10. The van der Waals surface area contributed by atoms with Crippen molar-refractivity contribution in [3.8, 4) is 0 Å². The minimum atomic E-state index is -0.359. The first-order valence-electron chi connectivity index (χ1n) is 6.52. The fraction of sp³-hybridized carbons (Fsp3) is 0.357. The number of aryl methyl sites for hydroxylation is 2. The van der Waals surface area contributed by atoms with Gasteiger partial charge in [-0.3, -0.25) is 14.8 Å². The molecule has 1 N–H and O–H groups in total. The molecule has 0 radical (unpaired) electrons. The molecule has 112 valence electrons. The summed E-state index contributed by atoms with van der Waals surface area (Å²) < 4.78 is 2.55. The molecular formula is C14H17BrN4O2. The highest BCUT2D eigenvalue weighted by Gasteiger charge is 2.14. The molecule has 0 unspecified atom stereocenters. The SMILES string of the molecule is Cc1nn(C)c(C)c1CNCc1ccc(Br)cc1[N+](=O)[O-]. The van der Waals surface area contributed by atoms with Gasteiger partial charge in [-0.25, -0.2) is 0 Å². The Kier molecular flexibility index (Phi) is 4.74. The van der Waals surface area contributed by atoms with Gasteiger partial charge >= 0.3 is 0 Å². The summed E-state index contributed by atoms with van der Waals surface area (Å²) in [6.07, 6.45) is 0. The van der Waals surface area contributed by atoms with Crippen LogP contribution in [0.5, 0.6) is 0 Å². The number of hydrogen-bond donors (Lipinski definition) is 1. The lowest BCUT2D eigenvalue weighted by molar-refractivity contribution is -0.385. The largest absolute Gasteiger partial charge is 0.308 e. The molecule has 0 amide bonds. The first-order valence-corrected chi connectivity index (χ1v) is 7.32. The number of nitro groups is 1. The van der Waals surface area contributed by atoms with Gasteiger partial charge in [0, 0.05) is 47.5 Å². The number of nitrogens with one attached hydrogen (secondary N) is 1. The highest BCUT2D eigenvalue weighted by Crippen LogP contribution is 2.23. The van der Waals surface area contributed by atoms with Gasteiger partial charge in [-0.1, -0.05) is 15.9 Å². The molecule has 0 saturated carbocycles. The van der Waals surface area contributed by atoms with E-state index >= 15 is 0 Å². The van der Waals surface area contributed by atoms with Gasteiger partial charge in [-0.15, -0.1) is 0 Å². The zero-order valence-corrected chi connectivity index (χ0v) is 13.8. The Morgan fingerprint density at radius 1 is 1.38 bits per heavy atom. The molecule has 6 nitrogen and oxygen atoms in total. The Bertz CT molecular complexity index is 682. The molecule has 0 spiro atoms. The molecule has 7 heteroatoms. The summed E-state index contributed by atoms with van der Waals surface area (Å²) in [4.78, 5) is 10.7. The predicted octanol–water partition coefficient (Wildman–Crippen LogP) is 3.00. The minimum Gasteiger partial charge on any atom is -0.308 e. The lowest BCUT2D eigenvalue weighted by Gasteiger charge is -2.07. The van der Waals surface area contributed by atoms with Gasteiger partial charge in [-0.05, 0) is 26.0 Å². The topological polar surface area (TPSA) is 73.0 Å². The Labute approximate surface area is 131 Å². The molecule has 0 aliphatic heterocycles. The third kappa shape index (κ3) is 3.48. The number of rotatable bonds is 5. The van der Waals surface area contributed by atoms with Crippen molar-refractivity contribution in [2.24, 2.45) is 7.05 Å². The van der Waals surface area contributed by atoms with Crippen LogP contribution < -0.4 is 5.32 Å². The second kappa shape index (κ2) is 6.36. The summed E-state index contributed by atoms with van der Waals surface area (Å²) in [7, 11) is 1.91. The van der Waals surface area contributed by atoms with E-state index in [1.165, 1.54) is 6.07 Å². The van der Waals surface area contributed by atoms with E-state index in [0.29, 0.717) is 23.1 Å². The van der Waals surface area contributed by atoms with Crippen molar-refractivity contribution in [3.05, 3.63) is 55.3 Å². The molecular weight excluding hydrogens is 336 g/mol. The smallest absolute Gasteiger partial charge is 0.275 e. The summed E-state index contributed by atoms with van der Waals surface area (Å²) in [5.74, 6) is 0. The Hall–Kier alpha value is -1.73. The fourth-order valence-corrected chi connectivity index (χ4v) is 2.60. The van der Waals surface area contributed by atoms with Crippen LogP contribution in [0.25, 0.3) is 0 Å². The highest BCUT2D eigenvalue weighted by molar-refractivity contribution is 9.10. The van der Waals surface area contributed by atoms with Crippen LogP contribution in [0.3, 0.4) is 0 Å². The van der Waals surface area contributed by atoms with Gasteiger partial charge in [0.05, 0.1) is 10.6 Å². The van der Waals surface area contributed by atoms with Crippen molar-refractivity contribution in [2.45, 2.75) is 26.9 Å². The molecule has 2 aromatic rings. The highest BCUT2D eigenvalue weighted by atomic mass is 79.9. The minimum absolute atomic E-state index is 0.122. The van der Waals surface area contributed by atoms with Crippen LogP contribution in [0.4, 0.5) is 5.69 Å². The van der Waals surface area contributed by atoms with Crippen LogP contribution in [0.2, 0.25) is 0 Å². The number of aromatic nitrogens is 2. The molecule has 1 aromatic heterocycles. The normalized spacial score (nSPS) is 10.9. The van der Waals surface area contributed by atoms with Crippen molar-refractivity contribution in [1.29, 1.82) is 0 Å². The molecule has 1 heterocycles. The van der Waals surface area contributed by atoms with Crippen molar-refractivity contribution < 1.29 is 4.92 Å². The Morgan fingerprint density at radius 2 is 2.10 bits per heavy atom. The standard InChI is InChI=1S/C14H17BrN4O2/c1-9-13(10(2)18(3)17-9)8-16-7-11-4-5-12(15)6-14(11)19(20)21/h4-6,16H,7-8H2,1-3H3. The third-order valence-corrected chi connectivity index (χ3v) is 4.01. The predicted molar refractivity (Wildman–Crippen MR) is 84.0 cm³/mol. The average molecular weight is 353 g/mol. The van der Waals surface area contributed by atoms with E-state index in [1.807, 2.05) is 31.6 Å². The van der Waals surface area contributed by atoms with Gasteiger partial charge in [0.15, 0.2) is 0 Å². The van der Waals surface area contributed by atoms with Crippen molar-refractivity contribution in [1.82, 2.24) is 15.1 Å². The first kappa shape index (κ1) is 15.7. The third-order valence-electron chi connectivity index (χ3n) is 3.52. The van der Waals surface area contributed by atoms with Crippen LogP contribution >= 0.6 is 15.9 Å². The van der Waals surface area contributed by atoms with Crippen molar-refractivity contribution >= 4 is 21.6 Å². The van der Waals surface area contributed by atoms with E-state index in [1.54, 1.807) is 6.07 Å². The molecule has 1 aromatic carbocycles. The maximum Gasteiger partial charge on any atom is 0.275 e. The summed E-state index contributed by atoms with van der Waals surface area (Å²) in [5.41, 5.74) is 4.01. The van der Waals surface area contributed by atoms with E-state index < -0.39 is 0 Å².